The van der Waals surface area contributed by atoms with Gasteiger partial charge in [0.05, 0.1) is 13.2 Å². The third-order valence-corrected chi connectivity index (χ3v) is 10.5. The number of rotatable bonds is 42. The standard InChI is InChI=1S/C45H84NO8P/c1-3-5-7-9-11-13-15-17-19-20-21-22-24-25-27-29-31-33-35-37-44(47)51-41-43(42-53-55(49,50)52-40-39-46)54-45(48)38-36-34-32-30-28-26-23-18-16-14-12-10-8-6-4-2/h12,14,18,23,28,30,43H,3-11,13,15-17,19-22,24-27,29,31-42,46H2,1-2H3,(H,49,50)/b14-12+,23-18+,30-28+/t43-/m1/s1. The molecule has 55 heavy (non-hydrogen) atoms. The number of ether oxygens (including phenoxy) is 2. The molecule has 3 N–H and O–H groups in total. The Labute approximate surface area is 337 Å². The summed E-state index contributed by atoms with van der Waals surface area (Å²) in [5, 5.41) is 0. The van der Waals surface area contributed by atoms with Gasteiger partial charge < -0.3 is 20.1 Å². The van der Waals surface area contributed by atoms with E-state index in [1.54, 1.807) is 0 Å². The summed E-state index contributed by atoms with van der Waals surface area (Å²) in [4.78, 5) is 34.9. The Bertz CT molecular complexity index is 1000. The maximum atomic E-state index is 12.6. The van der Waals surface area contributed by atoms with Crippen molar-refractivity contribution in [3.8, 4) is 0 Å². The summed E-state index contributed by atoms with van der Waals surface area (Å²) >= 11 is 0. The van der Waals surface area contributed by atoms with Crippen LogP contribution >= 0.6 is 7.82 Å². The highest BCUT2D eigenvalue weighted by molar-refractivity contribution is 7.47. The molecule has 0 spiro atoms. The highest BCUT2D eigenvalue weighted by Crippen LogP contribution is 2.43. The van der Waals surface area contributed by atoms with Gasteiger partial charge in [0.25, 0.3) is 0 Å². The van der Waals surface area contributed by atoms with Gasteiger partial charge in [-0.25, -0.2) is 4.57 Å². The van der Waals surface area contributed by atoms with Gasteiger partial charge in [0.1, 0.15) is 6.61 Å². The summed E-state index contributed by atoms with van der Waals surface area (Å²) < 4.78 is 32.8. The average Bonchev–Trinajstić information content (AvgIpc) is 3.17. The van der Waals surface area contributed by atoms with Gasteiger partial charge >= 0.3 is 19.8 Å². The van der Waals surface area contributed by atoms with Gasteiger partial charge in [0, 0.05) is 19.4 Å². The molecule has 0 heterocycles. The van der Waals surface area contributed by atoms with Crippen molar-refractivity contribution in [1.29, 1.82) is 0 Å². The molecular formula is C45H84NO8P. The molecule has 0 fully saturated rings. The summed E-state index contributed by atoms with van der Waals surface area (Å²) in [5.74, 6) is -0.867. The van der Waals surface area contributed by atoms with E-state index in [1.807, 2.05) is 0 Å². The average molecular weight is 798 g/mol. The van der Waals surface area contributed by atoms with Crippen molar-refractivity contribution in [2.75, 3.05) is 26.4 Å². The predicted molar refractivity (Wildman–Crippen MR) is 229 cm³/mol. The minimum absolute atomic E-state index is 0.0478. The Morgan fingerprint density at radius 3 is 1.44 bits per heavy atom. The first-order chi connectivity index (χ1) is 26.8. The number of hydrogen-bond acceptors (Lipinski definition) is 8. The fourth-order valence-corrected chi connectivity index (χ4v) is 6.94. The van der Waals surface area contributed by atoms with Gasteiger partial charge in [-0.3, -0.25) is 18.6 Å². The van der Waals surface area contributed by atoms with Crippen molar-refractivity contribution in [3.05, 3.63) is 36.5 Å². The molecule has 0 aliphatic rings. The molecule has 9 nitrogen and oxygen atoms in total. The van der Waals surface area contributed by atoms with Crippen LogP contribution in [-0.2, 0) is 32.7 Å². The van der Waals surface area contributed by atoms with E-state index in [0.717, 1.165) is 51.4 Å². The van der Waals surface area contributed by atoms with Crippen LogP contribution in [0.4, 0.5) is 0 Å². The number of phosphoric acid groups is 1. The normalized spacial score (nSPS) is 13.6. The molecule has 0 rings (SSSR count). The number of carbonyl (C=O) groups excluding carboxylic acids is 2. The molecule has 1 unspecified atom stereocenters. The molecule has 0 aromatic heterocycles. The topological polar surface area (TPSA) is 134 Å². The van der Waals surface area contributed by atoms with Gasteiger partial charge in [-0.05, 0) is 51.4 Å². The van der Waals surface area contributed by atoms with E-state index in [1.165, 1.54) is 122 Å². The van der Waals surface area contributed by atoms with Gasteiger partial charge in [0.15, 0.2) is 6.10 Å². The Morgan fingerprint density at radius 1 is 0.545 bits per heavy atom. The van der Waals surface area contributed by atoms with Crippen LogP contribution in [0.15, 0.2) is 36.5 Å². The highest BCUT2D eigenvalue weighted by atomic mass is 31.2. The monoisotopic (exact) mass is 798 g/mol. The number of carbonyl (C=O) groups is 2. The van der Waals surface area contributed by atoms with Gasteiger partial charge in [0.2, 0.25) is 0 Å². The first-order valence-corrected chi connectivity index (χ1v) is 24.0. The van der Waals surface area contributed by atoms with E-state index in [0.29, 0.717) is 6.42 Å². The van der Waals surface area contributed by atoms with Crippen LogP contribution in [0.25, 0.3) is 0 Å². The van der Waals surface area contributed by atoms with Crippen LogP contribution in [0.1, 0.15) is 206 Å². The van der Waals surface area contributed by atoms with Crippen LogP contribution in [0.5, 0.6) is 0 Å². The minimum atomic E-state index is -4.38. The summed E-state index contributed by atoms with van der Waals surface area (Å²) in [6.07, 6.45) is 46.1. The van der Waals surface area contributed by atoms with E-state index in [-0.39, 0.29) is 38.6 Å². The molecule has 2 atom stereocenters. The van der Waals surface area contributed by atoms with Crippen molar-refractivity contribution >= 4 is 19.8 Å². The molecule has 0 aliphatic heterocycles. The third kappa shape index (κ3) is 41.7. The van der Waals surface area contributed by atoms with Crippen LogP contribution in [0.3, 0.4) is 0 Å². The third-order valence-electron chi connectivity index (χ3n) is 9.53. The van der Waals surface area contributed by atoms with Crippen LogP contribution < -0.4 is 5.73 Å². The second-order valence-corrected chi connectivity index (χ2v) is 16.4. The largest absolute Gasteiger partial charge is 0.472 e. The van der Waals surface area contributed by atoms with Gasteiger partial charge in [-0.2, -0.15) is 0 Å². The zero-order valence-electron chi connectivity index (χ0n) is 35.4. The second-order valence-electron chi connectivity index (χ2n) is 14.9. The zero-order chi connectivity index (χ0) is 40.3. The molecule has 10 heteroatoms. The predicted octanol–water partition coefficient (Wildman–Crippen LogP) is 12.9. The van der Waals surface area contributed by atoms with E-state index < -0.39 is 26.5 Å². The zero-order valence-corrected chi connectivity index (χ0v) is 36.3. The van der Waals surface area contributed by atoms with Gasteiger partial charge in [-0.15, -0.1) is 0 Å². The number of unbranched alkanes of at least 4 members (excludes halogenated alkanes) is 23. The second kappa shape index (κ2) is 41.9. The van der Waals surface area contributed by atoms with E-state index in [2.05, 4.69) is 50.3 Å². The van der Waals surface area contributed by atoms with Crippen LogP contribution in [0.2, 0.25) is 0 Å². The lowest BCUT2D eigenvalue weighted by Crippen LogP contribution is -2.29. The van der Waals surface area contributed by atoms with E-state index in [4.69, 9.17) is 24.3 Å². The van der Waals surface area contributed by atoms with E-state index >= 15 is 0 Å². The molecule has 0 saturated heterocycles. The molecule has 0 saturated carbocycles. The molecule has 0 amide bonds. The fourth-order valence-electron chi connectivity index (χ4n) is 6.17. The lowest BCUT2D eigenvalue weighted by atomic mass is 10.0. The maximum absolute atomic E-state index is 12.6. The van der Waals surface area contributed by atoms with Crippen molar-refractivity contribution in [1.82, 2.24) is 0 Å². The summed E-state index contributed by atoms with van der Waals surface area (Å²) in [6.45, 7) is 3.68. The molecule has 0 radical (unpaired) electrons. The van der Waals surface area contributed by atoms with Crippen molar-refractivity contribution in [3.63, 3.8) is 0 Å². The number of esters is 2. The first-order valence-electron chi connectivity index (χ1n) is 22.5. The van der Waals surface area contributed by atoms with Crippen molar-refractivity contribution < 1.29 is 37.6 Å². The molecule has 0 aliphatic carbocycles. The van der Waals surface area contributed by atoms with Crippen molar-refractivity contribution in [2.24, 2.45) is 5.73 Å². The lowest BCUT2D eigenvalue weighted by molar-refractivity contribution is -0.161. The molecule has 322 valence electrons. The number of nitrogens with two attached hydrogens (primary N) is 1. The Hall–Kier alpha value is -1.77. The molecule has 0 aromatic carbocycles. The SMILES string of the molecule is CCCCC/C=C/C/C=C/C/C=C/CCCCC(=O)O[C@H](COC(=O)CCCCCCCCCCCCCCCCCCCCC)COP(=O)(O)OCCN. The smallest absolute Gasteiger partial charge is 0.462 e. The van der Waals surface area contributed by atoms with Crippen LogP contribution in [-0.4, -0.2) is 49.3 Å². The number of allylic oxidation sites excluding steroid dienone is 6. The Balaban J connectivity index is 4.14. The fraction of sp³-hybridized carbons (Fsp3) is 0.822. The van der Waals surface area contributed by atoms with E-state index in [9.17, 15) is 19.0 Å². The van der Waals surface area contributed by atoms with Gasteiger partial charge in [-0.1, -0.05) is 179 Å². The molecular weight excluding hydrogens is 713 g/mol. The molecule has 0 bridgehead atoms. The summed E-state index contributed by atoms with van der Waals surface area (Å²) in [5.41, 5.74) is 5.35. The molecule has 0 aromatic rings. The number of hydrogen-bond donors (Lipinski definition) is 2. The quantitative estimate of drug-likeness (QED) is 0.0268. The summed E-state index contributed by atoms with van der Waals surface area (Å²) in [7, 11) is -4.38. The first kappa shape index (κ1) is 53.2. The summed E-state index contributed by atoms with van der Waals surface area (Å²) in [6, 6.07) is 0. The Morgan fingerprint density at radius 2 is 0.945 bits per heavy atom. The highest BCUT2D eigenvalue weighted by Gasteiger charge is 2.26. The lowest BCUT2D eigenvalue weighted by Gasteiger charge is -2.19. The minimum Gasteiger partial charge on any atom is -0.462 e. The number of phosphoric ester groups is 1. The van der Waals surface area contributed by atoms with Crippen LogP contribution in [0, 0.1) is 0 Å². The Kier molecular flexibility index (Phi) is 40.5. The maximum Gasteiger partial charge on any atom is 0.472 e. The van der Waals surface area contributed by atoms with Crippen molar-refractivity contribution in [2.45, 2.75) is 213 Å².